The second kappa shape index (κ2) is 8.81. The van der Waals surface area contributed by atoms with E-state index in [4.69, 9.17) is 34.8 Å². The second-order valence-corrected chi connectivity index (χ2v) is 8.12. The molecule has 0 aliphatic carbocycles. The molecular weight excluding hydrogens is 391 g/mol. The Hall–Kier alpha value is -0.970. The van der Waals surface area contributed by atoms with Gasteiger partial charge in [0.1, 0.15) is 0 Å². The fourth-order valence-electron chi connectivity index (χ4n) is 3.49. The van der Waals surface area contributed by atoms with Crippen LogP contribution in [0.2, 0.25) is 15.1 Å². The molecule has 1 heterocycles. The minimum Gasteiger partial charge on any atom is -0.392 e. The van der Waals surface area contributed by atoms with Crippen molar-refractivity contribution in [2.75, 3.05) is 18.0 Å². The number of halogens is 3. The van der Waals surface area contributed by atoms with Crippen LogP contribution in [-0.4, -0.2) is 30.3 Å². The van der Waals surface area contributed by atoms with Gasteiger partial charge in [-0.3, -0.25) is 0 Å². The smallest absolute Gasteiger partial charge is 0.0654 e. The average molecular weight is 414 g/mol. The summed E-state index contributed by atoms with van der Waals surface area (Å²) in [5.74, 6) is 0. The van der Waals surface area contributed by atoms with Crippen LogP contribution in [0.4, 0.5) is 5.69 Å². The van der Waals surface area contributed by atoms with Gasteiger partial charge in [-0.2, -0.15) is 0 Å². The summed E-state index contributed by atoms with van der Waals surface area (Å²) in [5.41, 5.74) is 2.19. The van der Waals surface area contributed by atoms with Gasteiger partial charge in [0.2, 0.25) is 0 Å². The molecule has 3 nitrogen and oxygen atoms in total. The van der Waals surface area contributed by atoms with E-state index in [-0.39, 0.29) is 12.1 Å². The molecule has 2 N–H and O–H groups in total. The third kappa shape index (κ3) is 4.85. The van der Waals surface area contributed by atoms with Crippen molar-refractivity contribution in [1.82, 2.24) is 5.32 Å². The summed E-state index contributed by atoms with van der Waals surface area (Å²) >= 11 is 18.6. The van der Waals surface area contributed by atoms with E-state index < -0.39 is 0 Å². The molecule has 0 amide bonds. The maximum Gasteiger partial charge on any atom is 0.0654 e. The average Bonchev–Trinajstić information content (AvgIpc) is 2.61. The number of anilines is 1. The highest BCUT2D eigenvalue weighted by molar-refractivity contribution is 6.36. The first kappa shape index (κ1) is 19.8. The van der Waals surface area contributed by atoms with Crippen molar-refractivity contribution >= 4 is 40.5 Å². The van der Waals surface area contributed by atoms with Gasteiger partial charge < -0.3 is 15.3 Å². The number of nitrogens with zero attached hydrogens (tertiary/aromatic N) is 1. The van der Waals surface area contributed by atoms with Crippen LogP contribution < -0.4 is 10.2 Å². The van der Waals surface area contributed by atoms with Crippen molar-refractivity contribution in [3.8, 4) is 0 Å². The van der Waals surface area contributed by atoms with Gasteiger partial charge in [-0.1, -0.05) is 46.9 Å². The second-order valence-electron chi connectivity index (χ2n) is 6.84. The van der Waals surface area contributed by atoms with Crippen LogP contribution in [0, 0.1) is 0 Å². The Kier molecular flexibility index (Phi) is 6.70. The quantitative estimate of drug-likeness (QED) is 0.695. The molecule has 0 spiro atoms. The fraction of sp³-hybridized carbons (Fsp3) is 0.400. The van der Waals surface area contributed by atoms with Crippen molar-refractivity contribution in [3.63, 3.8) is 0 Å². The van der Waals surface area contributed by atoms with Crippen LogP contribution in [-0.2, 0) is 0 Å². The summed E-state index contributed by atoms with van der Waals surface area (Å²) < 4.78 is 0. The van der Waals surface area contributed by atoms with Crippen LogP contribution in [0.1, 0.15) is 31.4 Å². The predicted molar refractivity (Wildman–Crippen MR) is 111 cm³/mol. The number of aliphatic hydroxyl groups is 1. The van der Waals surface area contributed by atoms with E-state index in [1.807, 2.05) is 24.3 Å². The van der Waals surface area contributed by atoms with Gasteiger partial charge >= 0.3 is 0 Å². The summed E-state index contributed by atoms with van der Waals surface area (Å²) in [6.45, 7) is 3.26. The highest BCUT2D eigenvalue weighted by atomic mass is 35.5. The monoisotopic (exact) mass is 412 g/mol. The standard InChI is InChI=1S/C20H23Cl3N2O/c1-13(26)12-24-17-8-9-25(19-7-6-16(22)10-18(19)23)20(11-17)14-2-4-15(21)5-3-14/h2-7,10,13,17,20,24,26H,8-9,11-12H2,1H3. The summed E-state index contributed by atoms with van der Waals surface area (Å²) in [7, 11) is 0. The molecule has 3 unspecified atom stereocenters. The van der Waals surface area contributed by atoms with Gasteiger partial charge in [0.15, 0.2) is 0 Å². The van der Waals surface area contributed by atoms with Gasteiger partial charge in [0, 0.05) is 29.2 Å². The Morgan fingerprint density at radius 3 is 2.46 bits per heavy atom. The van der Waals surface area contributed by atoms with Crippen molar-refractivity contribution < 1.29 is 5.11 Å². The van der Waals surface area contributed by atoms with Crippen molar-refractivity contribution in [1.29, 1.82) is 0 Å². The molecule has 2 aromatic rings. The van der Waals surface area contributed by atoms with Crippen LogP contribution in [0.25, 0.3) is 0 Å². The van der Waals surface area contributed by atoms with Crippen LogP contribution >= 0.6 is 34.8 Å². The topological polar surface area (TPSA) is 35.5 Å². The molecule has 1 saturated heterocycles. The summed E-state index contributed by atoms with van der Waals surface area (Å²) in [6.07, 6.45) is 1.55. The largest absolute Gasteiger partial charge is 0.392 e. The maximum atomic E-state index is 9.57. The number of hydrogen-bond donors (Lipinski definition) is 2. The number of rotatable bonds is 5. The third-order valence-electron chi connectivity index (χ3n) is 4.78. The SMILES string of the molecule is CC(O)CNC1CCN(c2ccc(Cl)cc2Cl)C(c2ccc(Cl)cc2)C1. The first-order valence-corrected chi connectivity index (χ1v) is 9.96. The lowest BCUT2D eigenvalue weighted by Gasteiger charge is -2.42. The van der Waals surface area contributed by atoms with E-state index in [9.17, 15) is 5.11 Å². The molecule has 6 heteroatoms. The molecule has 26 heavy (non-hydrogen) atoms. The van der Waals surface area contributed by atoms with Gasteiger partial charge in [-0.25, -0.2) is 0 Å². The normalized spacial score (nSPS) is 21.7. The van der Waals surface area contributed by atoms with Crippen LogP contribution in [0.5, 0.6) is 0 Å². The van der Waals surface area contributed by atoms with Crippen LogP contribution in [0.15, 0.2) is 42.5 Å². The highest BCUT2D eigenvalue weighted by Crippen LogP contribution is 2.39. The Morgan fingerprint density at radius 2 is 1.81 bits per heavy atom. The van der Waals surface area contributed by atoms with E-state index in [1.54, 1.807) is 13.0 Å². The van der Waals surface area contributed by atoms with Crippen molar-refractivity contribution in [3.05, 3.63) is 63.1 Å². The first-order chi connectivity index (χ1) is 12.4. The zero-order valence-electron chi connectivity index (χ0n) is 14.6. The number of hydrogen-bond acceptors (Lipinski definition) is 3. The molecule has 0 aromatic heterocycles. The molecule has 1 fully saturated rings. The fourth-order valence-corrected chi connectivity index (χ4v) is 4.13. The number of aliphatic hydroxyl groups excluding tert-OH is 1. The summed E-state index contributed by atoms with van der Waals surface area (Å²) in [6, 6.07) is 14.1. The Balaban J connectivity index is 1.88. The lowest BCUT2D eigenvalue weighted by atomic mass is 9.91. The molecule has 0 bridgehead atoms. The zero-order chi connectivity index (χ0) is 18.7. The van der Waals surface area contributed by atoms with Crippen molar-refractivity contribution in [2.24, 2.45) is 0 Å². The molecule has 3 rings (SSSR count). The number of piperidine rings is 1. The Morgan fingerprint density at radius 1 is 1.12 bits per heavy atom. The van der Waals surface area contributed by atoms with E-state index in [0.717, 1.165) is 30.1 Å². The Labute approximate surface area is 169 Å². The van der Waals surface area contributed by atoms with Gasteiger partial charge in [-0.05, 0) is 55.7 Å². The van der Waals surface area contributed by atoms with Crippen LogP contribution in [0.3, 0.4) is 0 Å². The lowest BCUT2D eigenvalue weighted by molar-refractivity contribution is 0.181. The Bertz CT molecular complexity index is 736. The maximum absolute atomic E-state index is 9.57. The summed E-state index contributed by atoms with van der Waals surface area (Å²) in [5, 5.41) is 15.1. The molecule has 3 atom stereocenters. The molecule has 1 aliphatic rings. The number of benzene rings is 2. The predicted octanol–water partition coefficient (Wildman–Crippen LogP) is 5.33. The minimum atomic E-state index is -0.354. The number of nitrogens with one attached hydrogen (secondary N) is 1. The van der Waals surface area contributed by atoms with Gasteiger partial charge in [0.05, 0.1) is 22.9 Å². The van der Waals surface area contributed by atoms with E-state index in [2.05, 4.69) is 22.3 Å². The molecule has 2 aromatic carbocycles. The van der Waals surface area contributed by atoms with E-state index in [1.165, 1.54) is 5.56 Å². The van der Waals surface area contributed by atoms with E-state index >= 15 is 0 Å². The van der Waals surface area contributed by atoms with Gasteiger partial charge in [-0.15, -0.1) is 0 Å². The zero-order valence-corrected chi connectivity index (χ0v) is 16.9. The highest BCUT2D eigenvalue weighted by Gasteiger charge is 2.30. The molecular formula is C20H23Cl3N2O. The molecule has 0 saturated carbocycles. The van der Waals surface area contributed by atoms with E-state index in [0.29, 0.717) is 22.6 Å². The van der Waals surface area contributed by atoms with Crippen molar-refractivity contribution in [2.45, 2.75) is 38.0 Å². The third-order valence-corrected chi connectivity index (χ3v) is 5.57. The molecule has 1 aliphatic heterocycles. The lowest BCUT2D eigenvalue weighted by Crippen LogP contribution is -2.46. The minimum absolute atomic E-state index is 0.172. The summed E-state index contributed by atoms with van der Waals surface area (Å²) in [4.78, 5) is 2.34. The molecule has 140 valence electrons. The van der Waals surface area contributed by atoms with Gasteiger partial charge in [0.25, 0.3) is 0 Å². The molecule has 0 radical (unpaired) electrons. The first-order valence-electron chi connectivity index (χ1n) is 8.82.